The van der Waals surface area contributed by atoms with Crippen LogP contribution in [0.4, 0.5) is 5.82 Å². The number of carbonyl (C=O) groups is 2. The summed E-state index contributed by atoms with van der Waals surface area (Å²) in [5.41, 5.74) is 1.69. The third kappa shape index (κ3) is 3.19. The second kappa shape index (κ2) is 5.81. The van der Waals surface area contributed by atoms with Crippen LogP contribution in [0.1, 0.15) is 6.92 Å². The summed E-state index contributed by atoms with van der Waals surface area (Å²) in [5.74, 6) is -1.49. The minimum atomic E-state index is -0.924. The van der Waals surface area contributed by atoms with Crippen LogP contribution in [-0.4, -0.2) is 28.7 Å². The number of carbonyl (C=O) groups excluding carboxylic acids is 2. The van der Waals surface area contributed by atoms with Gasteiger partial charge in [0.15, 0.2) is 5.82 Å². The molecule has 0 spiro atoms. The van der Waals surface area contributed by atoms with Crippen molar-refractivity contribution in [2.24, 2.45) is 0 Å². The van der Waals surface area contributed by atoms with Crippen molar-refractivity contribution >= 4 is 17.7 Å². The molecule has 0 aliphatic heterocycles. The van der Waals surface area contributed by atoms with Crippen molar-refractivity contribution < 1.29 is 14.3 Å². The highest BCUT2D eigenvalue weighted by molar-refractivity contribution is 6.37. The molecule has 0 saturated carbocycles. The molecule has 0 fully saturated rings. The fraction of sp³-hybridized carbons (Fsp3) is 0.154. The number of nitrogens with zero attached hydrogens (tertiary/aromatic N) is 1. The van der Waals surface area contributed by atoms with Crippen LogP contribution in [0.3, 0.4) is 0 Å². The number of anilines is 1. The fourth-order valence-electron chi connectivity index (χ4n) is 1.52. The van der Waals surface area contributed by atoms with E-state index in [4.69, 9.17) is 0 Å². The number of aromatic nitrogens is 2. The third-order valence-electron chi connectivity index (χ3n) is 2.37. The molecule has 2 N–H and O–H groups in total. The average Bonchev–Trinajstić information content (AvgIpc) is 2.88. The van der Waals surface area contributed by atoms with Gasteiger partial charge in [-0.3, -0.25) is 15.2 Å². The quantitative estimate of drug-likeness (QED) is 0.647. The zero-order chi connectivity index (χ0) is 13.7. The van der Waals surface area contributed by atoms with Gasteiger partial charge in [-0.2, -0.15) is 5.10 Å². The molecule has 98 valence electrons. The molecule has 0 aliphatic rings. The summed E-state index contributed by atoms with van der Waals surface area (Å²) in [4.78, 5) is 22.6. The summed E-state index contributed by atoms with van der Waals surface area (Å²) in [6.45, 7) is 1.79. The Morgan fingerprint density at radius 2 is 2.05 bits per heavy atom. The topological polar surface area (TPSA) is 84.1 Å². The number of amides is 1. The molecule has 6 nitrogen and oxygen atoms in total. The Kier molecular flexibility index (Phi) is 3.92. The van der Waals surface area contributed by atoms with Crippen LogP contribution in [0.5, 0.6) is 0 Å². The van der Waals surface area contributed by atoms with E-state index in [0.29, 0.717) is 0 Å². The van der Waals surface area contributed by atoms with Crippen molar-refractivity contribution in [3.63, 3.8) is 0 Å². The summed E-state index contributed by atoms with van der Waals surface area (Å²) in [6, 6.07) is 11.2. The lowest BCUT2D eigenvalue weighted by Gasteiger charge is -2.00. The number of aromatic amines is 1. The Bertz CT molecular complexity index is 578. The Labute approximate surface area is 109 Å². The molecule has 2 aromatic rings. The monoisotopic (exact) mass is 259 g/mol. The SMILES string of the molecule is CCOC(=O)C(=O)Nc1cc(-c2ccccc2)[nH]n1. The number of nitrogens with one attached hydrogen (secondary N) is 2. The molecule has 0 unspecified atom stereocenters. The number of hydrogen-bond donors (Lipinski definition) is 2. The van der Waals surface area contributed by atoms with Gasteiger partial charge in [0.2, 0.25) is 0 Å². The van der Waals surface area contributed by atoms with Gasteiger partial charge in [-0.15, -0.1) is 0 Å². The van der Waals surface area contributed by atoms with E-state index in [1.807, 2.05) is 30.3 Å². The average molecular weight is 259 g/mol. The van der Waals surface area contributed by atoms with E-state index >= 15 is 0 Å². The first kappa shape index (κ1) is 12.8. The maximum Gasteiger partial charge on any atom is 0.397 e. The number of rotatable bonds is 3. The summed E-state index contributed by atoms with van der Waals surface area (Å²) >= 11 is 0. The maximum atomic E-state index is 11.4. The van der Waals surface area contributed by atoms with Gasteiger partial charge >= 0.3 is 11.9 Å². The Morgan fingerprint density at radius 1 is 1.32 bits per heavy atom. The standard InChI is InChI=1S/C13H13N3O3/c1-2-19-13(18)12(17)14-11-8-10(15-16-11)9-6-4-3-5-7-9/h3-8H,2H2,1H3,(H2,14,15,16,17). The lowest BCUT2D eigenvalue weighted by atomic mass is 10.2. The second-order valence-corrected chi connectivity index (χ2v) is 3.71. The number of H-pyrrole nitrogens is 1. The molecule has 1 aromatic carbocycles. The first-order valence-corrected chi connectivity index (χ1v) is 5.79. The van der Waals surface area contributed by atoms with Crippen molar-refractivity contribution in [1.82, 2.24) is 10.2 Å². The van der Waals surface area contributed by atoms with Crippen LogP contribution in [-0.2, 0) is 14.3 Å². The highest BCUT2D eigenvalue weighted by Crippen LogP contribution is 2.18. The molecule has 0 bridgehead atoms. The smallest absolute Gasteiger partial charge is 0.397 e. The normalized spacial score (nSPS) is 9.95. The predicted octanol–water partition coefficient (Wildman–Crippen LogP) is 1.58. The molecule has 0 atom stereocenters. The van der Waals surface area contributed by atoms with Crippen LogP contribution in [0.15, 0.2) is 36.4 Å². The summed E-state index contributed by atoms with van der Waals surface area (Å²) in [5, 5.41) is 9.05. The van der Waals surface area contributed by atoms with Crippen molar-refractivity contribution in [1.29, 1.82) is 0 Å². The summed E-state index contributed by atoms with van der Waals surface area (Å²) in [7, 11) is 0. The summed E-state index contributed by atoms with van der Waals surface area (Å²) < 4.78 is 4.58. The first-order chi connectivity index (χ1) is 9.20. The zero-order valence-corrected chi connectivity index (χ0v) is 10.3. The van der Waals surface area contributed by atoms with Crippen molar-refractivity contribution in [3.8, 4) is 11.3 Å². The van der Waals surface area contributed by atoms with E-state index < -0.39 is 11.9 Å². The van der Waals surface area contributed by atoms with E-state index in [2.05, 4.69) is 20.3 Å². The van der Waals surface area contributed by atoms with Gasteiger partial charge < -0.3 is 4.74 Å². The van der Waals surface area contributed by atoms with Crippen molar-refractivity contribution in [3.05, 3.63) is 36.4 Å². The zero-order valence-electron chi connectivity index (χ0n) is 10.3. The van der Waals surface area contributed by atoms with Crippen LogP contribution < -0.4 is 5.32 Å². The van der Waals surface area contributed by atoms with Crippen molar-refractivity contribution in [2.75, 3.05) is 11.9 Å². The Hall–Kier alpha value is -2.63. The molecule has 0 radical (unpaired) electrons. The van der Waals surface area contributed by atoms with Crippen LogP contribution in [0.2, 0.25) is 0 Å². The number of benzene rings is 1. The molecular formula is C13H13N3O3. The van der Waals surface area contributed by atoms with Crippen LogP contribution in [0.25, 0.3) is 11.3 Å². The van der Waals surface area contributed by atoms with E-state index in [1.165, 1.54) is 0 Å². The molecule has 1 amide bonds. The van der Waals surface area contributed by atoms with Crippen molar-refractivity contribution in [2.45, 2.75) is 6.92 Å². The van der Waals surface area contributed by atoms with Gasteiger partial charge in [0.05, 0.1) is 12.3 Å². The Morgan fingerprint density at radius 3 is 2.74 bits per heavy atom. The largest absolute Gasteiger partial charge is 0.459 e. The maximum absolute atomic E-state index is 11.4. The van der Waals surface area contributed by atoms with Gasteiger partial charge in [-0.25, -0.2) is 4.79 Å². The van der Waals surface area contributed by atoms with Gasteiger partial charge in [0.25, 0.3) is 0 Å². The molecule has 2 rings (SSSR count). The van der Waals surface area contributed by atoms with Crippen LogP contribution >= 0.6 is 0 Å². The highest BCUT2D eigenvalue weighted by atomic mass is 16.5. The lowest BCUT2D eigenvalue weighted by Crippen LogP contribution is -2.25. The first-order valence-electron chi connectivity index (χ1n) is 5.79. The van der Waals surface area contributed by atoms with E-state index in [-0.39, 0.29) is 12.4 Å². The molecule has 0 saturated heterocycles. The minimum Gasteiger partial charge on any atom is -0.459 e. The van der Waals surface area contributed by atoms with E-state index in [0.717, 1.165) is 11.3 Å². The van der Waals surface area contributed by atoms with Gasteiger partial charge in [-0.05, 0) is 12.5 Å². The molecule has 0 aliphatic carbocycles. The molecule has 6 heteroatoms. The number of hydrogen-bond acceptors (Lipinski definition) is 4. The molecule has 19 heavy (non-hydrogen) atoms. The highest BCUT2D eigenvalue weighted by Gasteiger charge is 2.16. The van der Waals surface area contributed by atoms with E-state index in [9.17, 15) is 9.59 Å². The number of esters is 1. The fourth-order valence-corrected chi connectivity index (χ4v) is 1.52. The minimum absolute atomic E-state index is 0.155. The van der Waals surface area contributed by atoms with E-state index in [1.54, 1.807) is 13.0 Å². The van der Waals surface area contributed by atoms with Gasteiger partial charge in [0.1, 0.15) is 0 Å². The molecule has 1 aromatic heterocycles. The predicted molar refractivity (Wildman–Crippen MR) is 69.3 cm³/mol. The summed E-state index contributed by atoms with van der Waals surface area (Å²) in [6.07, 6.45) is 0. The van der Waals surface area contributed by atoms with Gasteiger partial charge in [0, 0.05) is 6.07 Å². The second-order valence-electron chi connectivity index (χ2n) is 3.71. The number of ether oxygens (including phenoxy) is 1. The molecule has 1 heterocycles. The van der Waals surface area contributed by atoms with Gasteiger partial charge in [-0.1, -0.05) is 30.3 Å². The van der Waals surface area contributed by atoms with Crippen LogP contribution in [0, 0.1) is 0 Å². The Balaban J connectivity index is 2.06. The molecular weight excluding hydrogens is 246 g/mol. The third-order valence-corrected chi connectivity index (χ3v) is 2.37. The lowest BCUT2D eigenvalue weighted by molar-refractivity contribution is -0.152.